The summed E-state index contributed by atoms with van der Waals surface area (Å²) in [5.74, 6) is 0. The Balaban J connectivity index is 2.83. The summed E-state index contributed by atoms with van der Waals surface area (Å²) in [4.78, 5) is 0. The summed E-state index contributed by atoms with van der Waals surface area (Å²) in [6, 6.07) is 0. The van der Waals surface area contributed by atoms with Crippen molar-refractivity contribution >= 4 is 0 Å². The number of rotatable bonds is 2. The lowest BCUT2D eigenvalue weighted by Gasteiger charge is -2.30. The van der Waals surface area contributed by atoms with Gasteiger partial charge >= 0.3 is 0 Å². The molecule has 0 saturated carbocycles. The summed E-state index contributed by atoms with van der Waals surface area (Å²) in [6.45, 7) is 6.84. The third kappa shape index (κ3) is 1.55. The molecule has 0 amide bonds. The summed E-state index contributed by atoms with van der Waals surface area (Å²) >= 11 is 0. The van der Waals surface area contributed by atoms with Crippen molar-refractivity contribution in [2.45, 2.75) is 40.0 Å². The molecule has 1 aliphatic carbocycles. The SMILES string of the molecule is CCC1=CCC=CC1(C)CC. The quantitative estimate of drug-likeness (QED) is 0.526. The van der Waals surface area contributed by atoms with Crippen LogP contribution in [-0.2, 0) is 0 Å². The minimum absolute atomic E-state index is 0.368. The zero-order valence-corrected chi connectivity index (χ0v) is 7.85. The van der Waals surface area contributed by atoms with Crippen molar-refractivity contribution in [2.75, 3.05) is 0 Å². The van der Waals surface area contributed by atoms with Gasteiger partial charge in [-0.15, -0.1) is 0 Å². The lowest BCUT2D eigenvalue weighted by atomic mass is 9.75. The Morgan fingerprint density at radius 3 is 2.64 bits per heavy atom. The molecule has 1 rings (SSSR count). The van der Waals surface area contributed by atoms with E-state index in [1.807, 2.05) is 0 Å². The van der Waals surface area contributed by atoms with Crippen molar-refractivity contribution in [3.8, 4) is 0 Å². The molecule has 0 N–H and O–H groups in total. The largest absolute Gasteiger partial charge is 0.0839 e. The van der Waals surface area contributed by atoms with Crippen molar-refractivity contribution in [1.29, 1.82) is 0 Å². The van der Waals surface area contributed by atoms with Crippen LogP contribution < -0.4 is 0 Å². The van der Waals surface area contributed by atoms with Gasteiger partial charge in [-0.25, -0.2) is 0 Å². The van der Waals surface area contributed by atoms with E-state index < -0.39 is 0 Å². The fourth-order valence-electron chi connectivity index (χ4n) is 1.77. The first-order valence-electron chi connectivity index (χ1n) is 4.60. The fourth-order valence-corrected chi connectivity index (χ4v) is 1.77. The molecule has 0 aliphatic heterocycles. The lowest BCUT2D eigenvalue weighted by Crippen LogP contribution is -2.16. The molecule has 0 heterocycles. The predicted molar refractivity (Wildman–Crippen MR) is 50.5 cm³/mol. The number of allylic oxidation sites excluding steroid dienone is 4. The molecule has 0 radical (unpaired) electrons. The van der Waals surface area contributed by atoms with Crippen LogP contribution >= 0.6 is 0 Å². The minimum Gasteiger partial charge on any atom is -0.0839 e. The highest BCUT2D eigenvalue weighted by Gasteiger charge is 2.23. The molecule has 0 spiro atoms. The average Bonchev–Trinajstić information content (AvgIpc) is 2.05. The van der Waals surface area contributed by atoms with Crippen LogP contribution in [0.1, 0.15) is 40.0 Å². The molecule has 0 nitrogen and oxygen atoms in total. The van der Waals surface area contributed by atoms with E-state index in [1.165, 1.54) is 12.8 Å². The second-order valence-corrected chi connectivity index (χ2v) is 3.49. The van der Waals surface area contributed by atoms with Crippen molar-refractivity contribution < 1.29 is 0 Å². The van der Waals surface area contributed by atoms with Gasteiger partial charge in [0.15, 0.2) is 0 Å². The molecule has 1 aliphatic rings. The van der Waals surface area contributed by atoms with Crippen LogP contribution in [-0.4, -0.2) is 0 Å². The molecule has 0 aromatic rings. The third-order valence-electron chi connectivity index (χ3n) is 2.83. The molecule has 0 saturated heterocycles. The zero-order valence-electron chi connectivity index (χ0n) is 7.85. The van der Waals surface area contributed by atoms with Gasteiger partial charge < -0.3 is 0 Å². The van der Waals surface area contributed by atoms with E-state index in [2.05, 4.69) is 39.0 Å². The lowest BCUT2D eigenvalue weighted by molar-refractivity contribution is 0.472. The number of hydrogen-bond donors (Lipinski definition) is 0. The van der Waals surface area contributed by atoms with E-state index in [0.717, 1.165) is 6.42 Å². The molecule has 11 heavy (non-hydrogen) atoms. The van der Waals surface area contributed by atoms with Crippen LogP contribution in [0.2, 0.25) is 0 Å². The third-order valence-corrected chi connectivity index (χ3v) is 2.83. The van der Waals surface area contributed by atoms with Crippen molar-refractivity contribution in [1.82, 2.24) is 0 Å². The number of hydrogen-bond acceptors (Lipinski definition) is 0. The van der Waals surface area contributed by atoms with Gasteiger partial charge in [-0.3, -0.25) is 0 Å². The van der Waals surface area contributed by atoms with Crippen LogP contribution in [0, 0.1) is 5.41 Å². The van der Waals surface area contributed by atoms with Crippen molar-refractivity contribution in [2.24, 2.45) is 5.41 Å². The Morgan fingerprint density at radius 1 is 1.45 bits per heavy atom. The normalized spacial score (nSPS) is 30.3. The van der Waals surface area contributed by atoms with E-state index in [0.29, 0.717) is 5.41 Å². The van der Waals surface area contributed by atoms with Gasteiger partial charge in [-0.05, 0) is 19.3 Å². The second kappa shape index (κ2) is 3.25. The van der Waals surface area contributed by atoms with E-state index >= 15 is 0 Å². The van der Waals surface area contributed by atoms with E-state index in [4.69, 9.17) is 0 Å². The summed E-state index contributed by atoms with van der Waals surface area (Å²) in [7, 11) is 0. The molecule has 0 aromatic carbocycles. The second-order valence-electron chi connectivity index (χ2n) is 3.49. The van der Waals surface area contributed by atoms with Crippen molar-refractivity contribution in [3.63, 3.8) is 0 Å². The van der Waals surface area contributed by atoms with Crippen molar-refractivity contribution in [3.05, 3.63) is 23.8 Å². The molecule has 0 bridgehead atoms. The van der Waals surface area contributed by atoms with Crippen LogP contribution in [0.15, 0.2) is 23.8 Å². The van der Waals surface area contributed by atoms with E-state index in [9.17, 15) is 0 Å². The molecule has 0 fully saturated rings. The maximum Gasteiger partial charge on any atom is 0.00599 e. The van der Waals surface area contributed by atoms with Gasteiger partial charge in [0.2, 0.25) is 0 Å². The zero-order chi connectivity index (χ0) is 8.32. The van der Waals surface area contributed by atoms with Crippen LogP contribution in [0.4, 0.5) is 0 Å². The van der Waals surface area contributed by atoms with Gasteiger partial charge in [0.1, 0.15) is 0 Å². The van der Waals surface area contributed by atoms with E-state index in [-0.39, 0.29) is 0 Å². The Labute approximate surface area is 70.0 Å². The van der Waals surface area contributed by atoms with Gasteiger partial charge in [-0.2, -0.15) is 0 Å². The van der Waals surface area contributed by atoms with Crippen LogP contribution in [0.5, 0.6) is 0 Å². The van der Waals surface area contributed by atoms with Gasteiger partial charge in [0.05, 0.1) is 0 Å². The molecular weight excluding hydrogens is 132 g/mol. The first-order chi connectivity index (χ1) is 5.23. The Hall–Kier alpha value is -0.520. The van der Waals surface area contributed by atoms with Gasteiger partial charge in [0, 0.05) is 5.41 Å². The van der Waals surface area contributed by atoms with Crippen LogP contribution in [0.25, 0.3) is 0 Å². The molecule has 0 heteroatoms. The highest BCUT2D eigenvalue weighted by atomic mass is 14.3. The van der Waals surface area contributed by atoms with Gasteiger partial charge in [0.25, 0.3) is 0 Å². The molecular formula is C11H18. The molecule has 1 unspecified atom stereocenters. The highest BCUT2D eigenvalue weighted by Crippen LogP contribution is 2.37. The first-order valence-corrected chi connectivity index (χ1v) is 4.60. The fraction of sp³-hybridized carbons (Fsp3) is 0.636. The Bertz CT molecular complexity index is 186. The monoisotopic (exact) mass is 150 g/mol. The molecule has 1 atom stereocenters. The molecule has 62 valence electrons. The summed E-state index contributed by atoms with van der Waals surface area (Å²) in [6.07, 6.45) is 10.6. The maximum atomic E-state index is 2.38. The summed E-state index contributed by atoms with van der Waals surface area (Å²) < 4.78 is 0. The Kier molecular flexibility index (Phi) is 2.53. The smallest absolute Gasteiger partial charge is 0.00599 e. The predicted octanol–water partition coefficient (Wildman–Crippen LogP) is 3.70. The standard InChI is InChI=1S/C11H18/c1-4-10-8-6-7-9-11(10,3)5-2/h7-9H,4-6H2,1-3H3. The molecule has 0 aromatic heterocycles. The minimum atomic E-state index is 0.368. The van der Waals surface area contributed by atoms with Gasteiger partial charge in [-0.1, -0.05) is 44.6 Å². The maximum absolute atomic E-state index is 2.38. The van der Waals surface area contributed by atoms with E-state index in [1.54, 1.807) is 5.57 Å². The summed E-state index contributed by atoms with van der Waals surface area (Å²) in [5, 5.41) is 0. The highest BCUT2D eigenvalue weighted by molar-refractivity contribution is 5.25. The Morgan fingerprint density at radius 2 is 2.18 bits per heavy atom. The average molecular weight is 150 g/mol. The summed E-state index contributed by atoms with van der Waals surface area (Å²) in [5.41, 5.74) is 1.98. The van der Waals surface area contributed by atoms with Crippen LogP contribution in [0.3, 0.4) is 0 Å². The first kappa shape index (κ1) is 8.58. The topological polar surface area (TPSA) is 0 Å².